The predicted molar refractivity (Wildman–Crippen MR) is 82.0 cm³/mol. The fraction of sp³-hybridized carbons (Fsp3) is 0.412. The van der Waals surface area contributed by atoms with E-state index < -0.39 is 0 Å². The second-order valence-corrected chi connectivity index (χ2v) is 5.46. The van der Waals surface area contributed by atoms with Gasteiger partial charge in [-0.2, -0.15) is 0 Å². The number of hydrogen-bond acceptors (Lipinski definition) is 4. The molecule has 1 aromatic heterocycles. The molecule has 0 saturated carbocycles. The summed E-state index contributed by atoms with van der Waals surface area (Å²) in [5.41, 5.74) is 2.45. The highest BCUT2D eigenvalue weighted by molar-refractivity contribution is 5.27. The van der Waals surface area contributed by atoms with Crippen molar-refractivity contribution < 1.29 is 4.74 Å². The normalized spacial score (nSPS) is 19.4. The van der Waals surface area contributed by atoms with Gasteiger partial charge >= 0.3 is 0 Å². The molecule has 4 heteroatoms. The van der Waals surface area contributed by atoms with E-state index in [1.54, 1.807) is 13.4 Å². The molecule has 21 heavy (non-hydrogen) atoms. The lowest BCUT2D eigenvalue weighted by Crippen LogP contribution is -2.33. The number of methoxy groups -OCH3 is 1. The van der Waals surface area contributed by atoms with Crippen LogP contribution in [0.5, 0.6) is 5.75 Å². The quantitative estimate of drug-likeness (QED) is 0.863. The van der Waals surface area contributed by atoms with Crippen LogP contribution in [0.25, 0.3) is 0 Å². The van der Waals surface area contributed by atoms with Crippen LogP contribution in [-0.4, -0.2) is 28.5 Å². The first-order valence-corrected chi connectivity index (χ1v) is 7.50. The molecule has 0 spiro atoms. The van der Waals surface area contributed by atoms with Gasteiger partial charge in [-0.15, -0.1) is 0 Å². The molecule has 0 radical (unpaired) electrons. The second kappa shape index (κ2) is 6.68. The third-order valence-electron chi connectivity index (χ3n) is 4.10. The molecule has 1 fully saturated rings. The van der Waals surface area contributed by atoms with E-state index in [1.807, 2.05) is 24.4 Å². The Bertz CT molecular complexity index is 556. The Balaban J connectivity index is 1.75. The van der Waals surface area contributed by atoms with Crippen molar-refractivity contribution in [2.45, 2.75) is 31.8 Å². The lowest BCUT2D eigenvalue weighted by atomic mass is 9.98. The van der Waals surface area contributed by atoms with Gasteiger partial charge < -0.3 is 4.74 Å². The summed E-state index contributed by atoms with van der Waals surface area (Å²) in [5, 5.41) is 0. The van der Waals surface area contributed by atoms with Crippen LogP contribution in [0, 0.1) is 0 Å². The average Bonchev–Trinajstić information content (AvgIpc) is 2.57. The van der Waals surface area contributed by atoms with E-state index >= 15 is 0 Å². The van der Waals surface area contributed by atoms with Crippen LogP contribution in [0.2, 0.25) is 0 Å². The van der Waals surface area contributed by atoms with Crippen LogP contribution < -0.4 is 4.74 Å². The maximum absolute atomic E-state index is 5.22. The van der Waals surface area contributed by atoms with E-state index in [2.05, 4.69) is 27.0 Å². The summed E-state index contributed by atoms with van der Waals surface area (Å²) < 4.78 is 5.22. The number of benzene rings is 1. The van der Waals surface area contributed by atoms with Crippen LogP contribution in [0.15, 0.2) is 42.9 Å². The zero-order chi connectivity index (χ0) is 14.5. The summed E-state index contributed by atoms with van der Waals surface area (Å²) in [4.78, 5) is 11.0. The predicted octanol–water partition coefficient (Wildman–Crippen LogP) is 3.21. The van der Waals surface area contributed by atoms with Gasteiger partial charge in [0.05, 0.1) is 18.8 Å². The van der Waals surface area contributed by atoms with Gasteiger partial charge in [0.15, 0.2) is 0 Å². The maximum atomic E-state index is 5.22. The van der Waals surface area contributed by atoms with Crippen molar-refractivity contribution in [1.29, 1.82) is 0 Å². The fourth-order valence-electron chi connectivity index (χ4n) is 2.98. The topological polar surface area (TPSA) is 38.2 Å². The molecule has 110 valence electrons. The Labute approximate surface area is 125 Å². The number of nitrogens with zero attached hydrogens (tertiary/aromatic N) is 3. The first-order chi connectivity index (χ1) is 10.4. The van der Waals surface area contributed by atoms with Gasteiger partial charge in [0.25, 0.3) is 0 Å². The number of rotatable bonds is 4. The maximum Gasteiger partial charge on any atom is 0.118 e. The van der Waals surface area contributed by atoms with E-state index in [4.69, 9.17) is 4.74 Å². The summed E-state index contributed by atoms with van der Waals surface area (Å²) in [7, 11) is 1.70. The van der Waals surface area contributed by atoms with Gasteiger partial charge in [-0.25, -0.2) is 9.97 Å². The molecule has 2 heterocycles. The van der Waals surface area contributed by atoms with Crippen molar-refractivity contribution >= 4 is 0 Å². The van der Waals surface area contributed by atoms with Crippen molar-refractivity contribution in [3.63, 3.8) is 0 Å². The first-order valence-electron chi connectivity index (χ1n) is 7.50. The van der Waals surface area contributed by atoms with E-state index in [1.165, 1.54) is 24.8 Å². The molecule has 0 unspecified atom stereocenters. The molecule has 1 aromatic carbocycles. The van der Waals surface area contributed by atoms with Crippen molar-refractivity contribution in [2.75, 3.05) is 13.7 Å². The molecule has 1 atom stereocenters. The molecular formula is C17H21N3O. The van der Waals surface area contributed by atoms with Crippen molar-refractivity contribution in [2.24, 2.45) is 0 Å². The zero-order valence-corrected chi connectivity index (χ0v) is 12.4. The van der Waals surface area contributed by atoms with Gasteiger partial charge in [0, 0.05) is 12.7 Å². The third kappa shape index (κ3) is 3.39. The smallest absolute Gasteiger partial charge is 0.118 e. The molecular weight excluding hydrogens is 262 g/mol. The number of hydrogen-bond donors (Lipinski definition) is 0. The second-order valence-electron chi connectivity index (χ2n) is 5.46. The molecule has 0 bridgehead atoms. The minimum Gasteiger partial charge on any atom is -0.497 e. The fourth-order valence-corrected chi connectivity index (χ4v) is 2.98. The van der Waals surface area contributed by atoms with Gasteiger partial charge in [0.2, 0.25) is 0 Å². The standard InChI is InChI=1S/C17H21N3O/c1-21-15-7-5-14(6-8-15)12-20-11-3-2-4-17(20)16-9-10-18-13-19-16/h5-10,13,17H,2-4,11-12H2,1H3/t17-/m0/s1. The van der Waals surface area contributed by atoms with Crippen LogP contribution in [0.1, 0.15) is 36.6 Å². The number of likely N-dealkylation sites (tertiary alicyclic amines) is 1. The zero-order valence-electron chi connectivity index (χ0n) is 12.4. The van der Waals surface area contributed by atoms with Crippen LogP contribution in [-0.2, 0) is 6.54 Å². The highest BCUT2D eigenvalue weighted by Crippen LogP contribution is 2.30. The van der Waals surface area contributed by atoms with Crippen molar-refractivity contribution in [1.82, 2.24) is 14.9 Å². The lowest BCUT2D eigenvalue weighted by Gasteiger charge is -2.35. The summed E-state index contributed by atoms with van der Waals surface area (Å²) in [6.07, 6.45) is 7.19. The average molecular weight is 283 g/mol. The molecule has 3 rings (SSSR count). The Morgan fingerprint density at radius 1 is 1.19 bits per heavy atom. The summed E-state index contributed by atoms with van der Waals surface area (Å²) in [6.45, 7) is 2.08. The molecule has 2 aromatic rings. The summed E-state index contributed by atoms with van der Waals surface area (Å²) in [6, 6.07) is 10.8. The number of piperidine rings is 1. The SMILES string of the molecule is COc1ccc(CN2CCCC[C@H]2c2ccncn2)cc1. The van der Waals surface area contributed by atoms with Crippen molar-refractivity contribution in [3.05, 3.63) is 54.1 Å². The number of ether oxygens (including phenoxy) is 1. The molecule has 0 amide bonds. The molecule has 0 aliphatic carbocycles. The van der Waals surface area contributed by atoms with Gasteiger partial charge in [-0.3, -0.25) is 4.90 Å². The Hall–Kier alpha value is -1.94. The summed E-state index contributed by atoms with van der Waals surface area (Å²) >= 11 is 0. The Morgan fingerprint density at radius 3 is 2.76 bits per heavy atom. The minimum absolute atomic E-state index is 0.406. The van der Waals surface area contributed by atoms with Crippen LogP contribution in [0.4, 0.5) is 0 Å². The monoisotopic (exact) mass is 283 g/mol. The van der Waals surface area contributed by atoms with E-state index in [9.17, 15) is 0 Å². The Morgan fingerprint density at radius 2 is 2.05 bits per heavy atom. The molecule has 4 nitrogen and oxygen atoms in total. The van der Waals surface area contributed by atoms with E-state index in [-0.39, 0.29) is 0 Å². The first kappa shape index (κ1) is 14.0. The van der Waals surface area contributed by atoms with Gasteiger partial charge in [-0.05, 0) is 43.1 Å². The van der Waals surface area contributed by atoms with Crippen LogP contribution >= 0.6 is 0 Å². The van der Waals surface area contributed by atoms with E-state index in [0.29, 0.717) is 6.04 Å². The van der Waals surface area contributed by atoms with Gasteiger partial charge in [-0.1, -0.05) is 18.6 Å². The minimum atomic E-state index is 0.406. The van der Waals surface area contributed by atoms with Gasteiger partial charge in [0.1, 0.15) is 12.1 Å². The highest BCUT2D eigenvalue weighted by Gasteiger charge is 2.24. The summed E-state index contributed by atoms with van der Waals surface area (Å²) in [5.74, 6) is 0.907. The molecule has 1 aliphatic heterocycles. The van der Waals surface area contributed by atoms with E-state index in [0.717, 1.165) is 24.5 Å². The third-order valence-corrected chi connectivity index (χ3v) is 4.10. The largest absolute Gasteiger partial charge is 0.497 e. The molecule has 1 saturated heterocycles. The van der Waals surface area contributed by atoms with Crippen LogP contribution in [0.3, 0.4) is 0 Å². The molecule has 0 N–H and O–H groups in total. The highest BCUT2D eigenvalue weighted by atomic mass is 16.5. The lowest BCUT2D eigenvalue weighted by molar-refractivity contribution is 0.137. The molecule has 1 aliphatic rings. The van der Waals surface area contributed by atoms with Crippen molar-refractivity contribution in [3.8, 4) is 5.75 Å². The number of aromatic nitrogens is 2. The Kier molecular flexibility index (Phi) is 4.46.